The summed E-state index contributed by atoms with van der Waals surface area (Å²) >= 11 is 3.65. The predicted molar refractivity (Wildman–Crippen MR) is 260 cm³/mol. The summed E-state index contributed by atoms with van der Waals surface area (Å²) in [6.07, 6.45) is 7.50. The number of guanidine groups is 1. The Morgan fingerprint density at radius 3 is 2.24 bits per heavy atom. The number of nitrogens with two attached hydrogens (primary N) is 3. The number of anilines is 1. The van der Waals surface area contributed by atoms with Crippen LogP contribution in [-0.2, 0) is 43.2 Å². The van der Waals surface area contributed by atoms with Gasteiger partial charge in [0.25, 0.3) is 5.91 Å². The lowest BCUT2D eigenvalue weighted by Gasteiger charge is -2.39. The van der Waals surface area contributed by atoms with Gasteiger partial charge in [-0.2, -0.15) is 0 Å². The van der Waals surface area contributed by atoms with Gasteiger partial charge in [0.1, 0.15) is 23.7 Å². The molecule has 1 saturated carbocycles. The quantitative estimate of drug-likeness (QED) is 0.0331. The molecule has 0 aliphatic heterocycles. The van der Waals surface area contributed by atoms with Gasteiger partial charge in [0.05, 0.1) is 11.3 Å². The fraction of sp³-hybridized carbons (Fsp3) is 0.420. The van der Waals surface area contributed by atoms with Crippen LogP contribution in [0.1, 0.15) is 105 Å². The van der Waals surface area contributed by atoms with E-state index < -0.39 is 53.2 Å². The highest BCUT2D eigenvalue weighted by atomic mass is 79.9. The number of amides is 6. The minimum Gasteiger partial charge on any atom is -0.370 e. The first-order chi connectivity index (χ1) is 31.7. The molecule has 2 aliphatic rings. The highest BCUT2D eigenvalue weighted by Crippen LogP contribution is 2.34. The standard InChI is InChI=1S/C50H62BrN9O6/c1-2-12-43(61)60-50(25-24-36-35(30-50)17-10-19-38(36)51)48(66)59-42(28-31-13-4-3-5-14-31)47(65)57-40(21-11-26-55-49(53)54)45(63)58-41(29-32-22-23-33-15-6-7-16-34(33)27-32)46(64)56-39-20-9-8-18-37(39)44(52)62/h6-10,15-20,22-23,27,31,40-42H,2-5,11-14,21,24-26,28-30H2,1H3,(H2,52,62)(H,56,64)(H,57,65)(H,58,63)(H,59,66)(H,60,61)(H4,53,54,55)/t40-,41-,42+,50?/m0/s1. The van der Waals surface area contributed by atoms with Gasteiger partial charge >= 0.3 is 0 Å². The van der Waals surface area contributed by atoms with Crippen LogP contribution in [0.5, 0.6) is 0 Å². The second kappa shape index (κ2) is 23.2. The summed E-state index contributed by atoms with van der Waals surface area (Å²) in [6.45, 7) is 2.06. The molecule has 4 aromatic carbocycles. The highest BCUT2D eigenvalue weighted by molar-refractivity contribution is 9.10. The van der Waals surface area contributed by atoms with Gasteiger partial charge in [-0.25, -0.2) is 0 Å². The maximum atomic E-state index is 14.8. The normalized spacial score (nSPS) is 17.2. The van der Waals surface area contributed by atoms with E-state index in [2.05, 4.69) is 47.5 Å². The number of rotatable bonds is 20. The molecule has 0 radical (unpaired) electrons. The molecule has 0 spiro atoms. The first kappa shape index (κ1) is 49.2. The number of nitrogens with one attached hydrogen (secondary N) is 5. The van der Waals surface area contributed by atoms with Crippen LogP contribution in [0.3, 0.4) is 0 Å². The van der Waals surface area contributed by atoms with Crippen molar-refractivity contribution in [2.45, 2.75) is 120 Å². The van der Waals surface area contributed by atoms with Crippen molar-refractivity contribution in [1.82, 2.24) is 21.3 Å². The van der Waals surface area contributed by atoms with E-state index in [0.717, 1.165) is 64.0 Å². The van der Waals surface area contributed by atoms with Crippen LogP contribution < -0.4 is 43.8 Å². The van der Waals surface area contributed by atoms with E-state index in [0.29, 0.717) is 25.7 Å². The van der Waals surface area contributed by atoms with Gasteiger partial charge in [-0.05, 0) is 90.1 Å². The third-order valence-corrected chi connectivity index (χ3v) is 13.4. The fourth-order valence-electron chi connectivity index (χ4n) is 9.15. The van der Waals surface area contributed by atoms with Gasteiger partial charge in [0.2, 0.25) is 29.5 Å². The molecular formula is C50H62BrN9O6. The molecule has 15 nitrogen and oxygen atoms in total. The summed E-state index contributed by atoms with van der Waals surface area (Å²) in [4.78, 5) is 88.0. The van der Waals surface area contributed by atoms with Gasteiger partial charge in [-0.1, -0.05) is 122 Å². The van der Waals surface area contributed by atoms with Crippen molar-refractivity contribution < 1.29 is 28.8 Å². The zero-order chi connectivity index (χ0) is 47.2. The zero-order valence-electron chi connectivity index (χ0n) is 37.5. The maximum Gasteiger partial charge on any atom is 0.250 e. The maximum absolute atomic E-state index is 14.8. The summed E-state index contributed by atoms with van der Waals surface area (Å²) in [5.74, 6) is -3.30. The molecular weight excluding hydrogens is 903 g/mol. The number of nitrogens with zero attached hydrogens (tertiary/aromatic N) is 1. The van der Waals surface area contributed by atoms with E-state index >= 15 is 0 Å². The molecule has 4 atom stereocenters. The van der Waals surface area contributed by atoms with Crippen molar-refractivity contribution in [3.8, 4) is 0 Å². The molecule has 0 saturated heterocycles. The molecule has 11 N–H and O–H groups in total. The largest absolute Gasteiger partial charge is 0.370 e. The van der Waals surface area contributed by atoms with E-state index in [9.17, 15) is 28.8 Å². The van der Waals surface area contributed by atoms with Crippen LogP contribution in [0.25, 0.3) is 10.8 Å². The topological polar surface area (TPSA) is 253 Å². The van der Waals surface area contributed by atoms with Gasteiger partial charge in [0.15, 0.2) is 5.96 Å². The molecule has 16 heteroatoms. The summed E-state index contributed by atoms with van der Waals surface area (Å²) in [6, 6.07) is 22.2. The Kier molecular flexibility index (Phi) is 17.3. The molecule has 1 unspecified atom stereocenters. The van der Waals surface area contributed by atoms with E-state index in [-0.39, 0.29) is 67.7 Å². The number of hydrogen-bond acceptors (Lipinski definition) is 7. The highest BCUT2D eigenvalue weighted by Gasteiger charge is 2.45. The summed E-state index contributed by atoms with van der Waals surface area (Å²) in [5.41, 5.74) is 18.6. The Balaban J connectivity index is 1.29. The average Bonchev–Trinajstić information content (AvgIpc) is 3.29. The summed E-state index contributed by atoms with van der Waals surface area (Å²) in [5, 5.41) is 16.7. The second-order valence-corrected chi connectivity index (χ2v) is 18.4. The van der Waals surface area contributed by atoms with Crippen LogP contribution in [0.2, 0.25) is 0 Å². The number of halogens is 1. The fourth-order valence-corrected chi connectivity index (χ4v) is 9.76. The van der Waals surface area contributed by atoms with Crippen molar-refractivity contribution in [2.24, 2.45) is 28.1 Å². The molecule has 66 heavy (non-hydrogen) atoms. The number of aliphatic imine (C=N–C) groups is 1. The van der Waals surface area contributed by atoms with Gasteiger partial charge in [0, 0.05) is 30.3 Å². The van der Waals surface area contributed by atoms with E-state index in [1.165, 1.54) is 6.07 Å². The monoisotopic (exact) mass is 963 g/mol. The molecule has 6 amide bonds. The Bertz CT molecular complexity index is 2430. The molecule has 2 aliphatic carbocycles. The van der Waals surface area contributed by atoms with Gasteiger partial charge in [-0.3, -0.25) is 33.8 Å². The van der Waals surface area contributed by atoms with E-state index in [1.54, 1.807) is 18.2 Å². The van der Waals surface area contributed by atoms with Crippen LogP contribution in [0, 0.1) is 5.92 Å². The Morgan fingerprint density at radius 1 is 0.788 bits per heavy atom. The zero-order valence-corrected chi connectivity index (χ0v) is 39.1. The first-order valence-electron chi connectivity index (χ1n) is 23.0. The number of carbonyl (C=O) groups is 6. The minimum atomic E-state index is -1.32. The van der Waals surface area contributed by atoms with E-state index in [1.807, 2.05) is 67.6 Å². The number of fused-ring (bicyclic) bond motifs is 2. The second-order valence-electron chi connectivity index (χ2n) is 17.6. The molecule has 1 fully saturated rings. The Morgan fingerprint density at radius 2 is 1.50 bits per heavy atom. The van der Waals surface area contributed by atoms with Gasteiger partial charge < -0.3 is 43.8 Å². The van der Waals surface area contributed by atoms with Crippen molar-refractivity contribution in [2.75, 3.05) is 11.9 Å². The Hall–Kier alpha value is -6.29. The molecule has 0 bridgehead atoms. The van der Waals surface area contributed by atoms with Gasteiger partial charge in [-0.15, -0.1) is 0 Å². The third kappa shape index (κ3) is 13.2. The lowest BCUT2D eigenvalue weighted by molar-refractivity contribution is -0.137. The van der Waals surface area contributed by atoms with Crippen molar-refractivity contribution in [3.63, 3.8) is 0 Å². The number of carbonyl (C=O) groups excluding carboxylic acids is 6. The lowest BCUT2D eigenvalue weighted by atomic mass is 9.76. The predicted octanol–water partition coefficient (Wildman–Crippen LogP) is 5.20. The first-order valence-corrected chi connectivity index (χ1v) is 23.8. The summed E-state index contributed by atoms with van der Waals surface area (Å²) < 4.78 is 0.931. The number of primary amides is 1. The van der Waals surface area contributed by atoms with Crippen molar-refractivity contribution in [3.05, 3.63) is 112 Å². The smallest absolute Gasteiger partial charge is 0.250 e. The van der Waals surface area contributed by atoms with Crippen LogP contribution in [-0.4, -0.2) is 71.6 Å². The SMILES string of the molecule is CCCC(=O)NC1(C(=O)N[C@H](CC2CCCCC2)C(=O)N[C@@H](CCCN=C(N)N)C(=O)N[C@@H](Cc2ccc3ccccc3c2)C(=O)Nc2ccccc2C(N)=O)CCc2c(Br)cccc2C1. The molecule has 0 aromatic heterocycles. The number of para-hydroxylation sites is 1. The van der Waals surface area contributed by atoms with Crippen LogP contribution in [0.4, 0.5) is 5.69 Å². The summed E-state index contributed by atoms with van der Waals surface area (Å²) in [7, 11) is 0. The minimum absolute atomic E-state index is 0.0573. The molecule has 6 rings (SSSR count). The van der Waals surface area contributed by atoms with Crippen LogP contribution >= 0.6 is 15.9 Å². The number of hydrogen-bond donors (Lipinski definition) is 8. The molecule has 0 heterocycles. The van der Waals surface area contributed by atoms with Crippen LogP contribution in [0.15, 0.2) is 94.4 Å². The number of benzene rings is 4. The molecule has 350 valence electrons. The Labute approximate surface area is 394 Å². The van der Waals surface area contributed by atoms with Crippen molar-refractivity contribution >= 4 is 73.8 Å². The third-order valence-electron chi connectivity index (χ3n) is 12.6. The molecule has 4 aromatic rings. The lowest BCUT2D eigenvalue weighted by Crippen LogP contribution is -2.65. The average molecular weight is 965 g/mol. The van der Waals surface area contributed by atoms with Crippen molar-refractivity contribution in [1.29, 1.82) is 0 Å². The van der Waals surface area contributed by atoms with E-state index in [4.69, 9.17) is 17.2 Å².